The van der Waals surface area contributed by atoms with Crippen molar-refractivity contribution in [2.45, 2.75) is 25.9 Å². The van der Waals surface area contributed by atoms with Gasteiger partial charge in [-0.15, -0.1) is 5.10 Å². The molecule has 4 aromatic rings. The summed E-state index contributed by atoms with van der Waals surface area (Å²) in [6.45, 7) is 2.72. The molecule has 0 aliphatic carbocycles. The van der Waals surface area contributed by atoms with Gasteiger partial charge in [0.15, 0.2) is 0 Å². The maximum absolute atomic E-state index is 13.9. The summed E-state index contributed by atoms with van der Waals surface area (Å²) >= 11 is 0. The molecule has 0 unspecified atom stereocenters. The van der Waals surface area contributed by atoms with Crippen LogP contribution in [-0.4, -0.2) is 47.1 Å². The number of carbonyl (C=O) groups excluding carboxylic acids is 2. The van der Waals surface area contributed by atoms with Crippen LogP contribution < -0.4 is 10.2 Å². The lowest BCUT2D eigenvalue weighted by atomic mass is 10.0. The second-order valence-corrected chi connectivity index (χ2v) is 8.12. The minimum Gasteiger partial charge on any atom is -0.383 e. The summed E-state index contributed by atoms with van der Waals surface area (Å²) in [7, 11) is 1.58. The molecule has 0 spiro atoms. The van der Waals surface area contributed by atoms with Gasteiger partial charge in [-0.25, -0.2) is 4.68 Å². The molecule has 0 fully saturated rings. The van der Waals surface area contributed by atoms with Gasteiger partial charge >= 0.3 is 0 Å². The number of carbonyl (C=O) groups is 2. The van der Waals surface area contributed by atoms with Crippen LogP contribution in [0, 0.1) is 0 Å². The van der Waals surface area contributed by atoms with Crippen molar-refractivity contribution in [2.75, 3.05) is 25.2 Å². The predicted molar refractivity (Wildman–Crippen MR) is 135 cm³/mol. The third-order valence-electron chi connectivity index (χ3n) is 5.82. The molecule has 0 saturated heterocycles. The van der Waals surface area contributed by atoms with E-state index in [1.54, 1.807) is 16.7 Å². The zero-order valence-corrected chi connectivity index (χ0v) is 19.9. The van der Waals surface area contributed by atoms with E-state index in [-0.39, 0.29) is 18.4 Å². The second kappa shape index (κ2) is 11.4. The van der Waals surface area contributed by atoms with Crippen LogP contribution in [0.1, 0.15) is 24.1 Å². The van der Waals surface area contributed by atoms with E-state index >= 15 is 0 Å². The van der Waals surface area contributed by atoms with Gasteiger partial charge in [-0.05, 0) is 41.8 Å². The molecule has 1 N–H and O–H groups in total. The van der Waals surface area contributed by atoms with Crippen LogP contribution >= 0.6 is 0 Å². The summed E-state index contributed by atoms with van der Waals surface area (Å²) in [5.41, 5.74) is 3.95. The Hall–Kier alpha value is -4.04. The third-order valence-corrected chi connectivity index (χ3v) is 5.82. The van der Waals surface area contributed by atoms with E-state index in [1.807, 2.05) is 78.9 Å². The second-order valence-electron chi connectivity index (χ2n) is 8.12. The zero-order chi connectivity index (χ0) is 24.6. The highest BCUT2D eigenvalue weighted by atomic mass is 16.5. The summed E-state index contributed by atoms with van der Waals surface area (Å²) < 4.78 is 6.66. The Balaban J connectivity index is 1.75. The van der Waals surface area contributed by atoms with E-state index in [9.17, 15) is 9.59 Å². The van der Waals surface area contributed by atoms with Crippen molar-refractivity contribution < 1.29 is 14.3 Å². The first-order valence-corrected chi connectivity index (χ1v) is 11.6. The molecule has 0 radical (unpaired) electrons. The van der Waals surface area contributed by atoms with Crippen LogP contribution in [0.5, 0.6) is 0 Å². The average Bonchev–Trinajstić information content (AvgIpc) is 3.30. The van der Waals surface area contributed by atoms with E-state index in [0.717, 1.165) is 23.1 Å². The van der Waals surface area contributed by atoms with Gasteiger partial charge in [-0.2, -0.15) is 0 Å². The highest BCUT2D eigenvalue weighted by molar-refractivity contribution is 6.01. The topological polar surface area (TPSA) is 89.4 Å². The number of hydrogen-bond acceptors (Lipinski definition) is 5. The van der Waals surface area contributed by atoms with Crippen molar-refractivity contribution in [1.29, 1.82) is 0 Å². The molecular weight excluding hydrogens is 442 g/mol. The summed E-state index contributed by atoms with van der Waals surface area (Å²) in [6.07, 6.45) is 0.881. The number of nitrogens with one attached hydrogen (secondary N) is 1. The van der Waals surface area contributed by atoms with E-state index in [4.69, 9.17) is 4.74 Å². The van der Waals surface area contributed by atoms with Gasteiger partial charge in [0.2, 0.25) is 11.8 Å². The molecule has 0 bridgehead atoms. The fraction of sp³-hybridized carbons (Fsp3) is 0.259. The Labute approximate surface area is 204 Å². The highest BCUT2D eigenvalue weighted by Gasteiger charge is 2.33. The van der Waals surface area contributed by atoms with Gasteiger partial charge in [0, 0.05) is 19.3 Å². The number of aromatic nitrogens is 3. The monoisotopic (exact) mass is 471 g/mol. The quantitative estimate of drug-likeness (QED) is 0.358. The maximum Gasteiger partial charge on any atom is 0.249 e. The van der Waals surface area contributed by atoms with Crippen molar-refractivity contribution in [3.8, 4) is 0 Å². The number of rotatable bonds is 10. The number of para-hydroxylation sites is 2. The number of benzene rings is 3. The Morgan fingerprint density at radius 1 is 1.00 bits per heavy atom. The number of anilines is 1. The number of aryl methyl sites for hydroxylation is 1. The van der Waals surface area contributed by atoms with Crippen LogP contribution in [0.2, 0.25) is 0 Å². The van der Waals surface area contributed by atoms with Gasteiger partial charge in [-0.3, -0.25) is 14.5 Å². The molecule has 1 heterocycles. The minimum atomic E-state index is -0.873. The normalized spacial score (nSPS) is 11.8. The molecule has 0 saturated carbocycles. The largest absolute Gasteiger partial charge is 0.383 e. The number of hydrogen-bond donors (Lipinski definition) is 1. The predicted octanol–water partition coefficient (Wildman–Crippen LogP) is 3.53. The van der Waals surface area contributed by atoms with Gasteiger partial charge in [0.25, 0.3) is 0 Å². The van der Waals surface area contributed by atoms with Gasteiger partial charge in [0.1, 0.15) is 18.1 Å². The molecular formula is C27H29N5O3. The molecule has 2 amide bonds. The summed E-state index contributed by atoms with van der Waals surface area (Å²) in [5.74, 6) is -0.565. The van der Waals surface area contributed by atoms with Gasteiger partial charge < -0.3 is 10.1 Å². The lowest BCUT2D eigenvalue weighted by Crippen LogP contribution is -2.46. The number of ether oxygens (including phenoxy) is 1. The Morgan fingerprint density at radius 2 is 1.71 bits per heavy atom. The van der Waals surface area contributed by atoms with E-state index < -0.39 is 6.04 Å². The van der Waals surface area contributed by atoms with Crippen LogP contribution in [0.4, 0.5) is 5.69 Å². The highest BCUT2D eigenvalue weighted by Crippen LogP contribution is 2.29. The van der Waals surface area contributed by atoms with Crippen LogP contribution in [0.15, 0.2) is 78.9 Å². The molecule has 4 rings (SSSR count). The fourth-order valence-electron chi connectivity index (χ4n) is 3.99. The minimum absolute atomic E-state index is 0.0652. The Kier molecular flexibility index (Phi) is 7.84. The molecule has 180 valence electrons. The molecule has 1 atom stereocenters. The number of methoxy groups -OCH3 is 1. The van der Waals surface area contributed by atoms with E-state index in [2.05, 4.69) is 22.6 Å². The fourth-order valence-corrected chi connectivity index (χ4v) is 3.99. The Morgan fingerprint density at radius 3 is 2.43 bits per heavy atom. The third kappa shape index (κ3) is 5.55. The van der Waals surface area contributed by atoms with Gasteiger partial charge in [0.05, 0.1) is 12.1 Å². The van der Waals surface area contributed by atoms with E-state index in [0.29, 0.717) is 24.4 Å². The molecule has 0 aliphatic heterocycles. The van der Waals surface area contributed by atoms with Crippen molar-refractivity contribution >= 4 is 28.5 Å². The molecule has 0 aliphatic rings. The zero-order valence-electron chi connectivity index (χ0n) is 19.9. The molecule has 8 heteroatoms. The van der Waals surface area contributed by atoms with Crippen LogP contribution in [0.3, 0.4) is 0 Å². The van der Waals surface area contributed by atoms with Crippen molar-refractivity contribution in [3.63, 3.8) is 0 Å². The first kappa shape index (κ1) is 24.1. The molecule has 3 aromatic carbocycles. The van der Waals surface area contributed by atoms with Crippen molar-refractivity contribution in [3.05, 3.63) is 90.0 Å². The molecule has 35 heavy (non-hydrogen) atoms. The number of fused-ring (bicyclic) bond motifs is 1. The summed E-state index contributed by atoms with van der Waals surface area (Å²) in [4.78, 5) is 28.9. The van der Waals surface area contributed by atoms with Gasteiger partial charge in [-0.1, -0.05) is 66.7 Å². The maximum atomic E-state index is 13.9. The standard InChI is InChI=1S/C27H29N5O3/c1-3-20-13-15-21(16-14-20)26(27(34)28-17-18-35-2)32(22-9-5-4-6-10-22)25(33)19-31-24-12-8-7-11-23(24)29-30-31/h4-16,26H,3,17-19H2,1-2H3,(H,28,34)/t26-/m1/s1. The van der Waals surface area contributed by atoms with Crippen LogP contribution in [-0.2, 0) is 27.3 Å². The van der Waals surface area contributed by atoms with Crippen molar-refractivity contribution in [2.24, 2.45) is 0 Å². The SMILES string of the molecule is CCc1ccc([C@H](C(=O)NCCOC)N(C(=O)Cn2nnc3ccccc32)c2ccccc2)cc1. The average molecular weight is 472 g/mol. The number of nitrogens with zero attached hydrogens (tertiary/aromatic N) is 4. The first-order valence-electron chi connectivity index (χ1n) is 11.6. The summed E-state index contributed by atoms with van der Waals surface area (Å²) in [5, 5.41) is 11.2. The number of amides is 2. The smallest absolute Gasteiger partial charge is 0.249 e. The van der Waals surface area contributed by atoms with Crippen LogP contribution in [0.25, 0.3) is 11.0 Å². The van der Waals surface area contributed by atoms with E-state index in [1.165, 1.54) is 0 Å². The molecule has 8 nitrogen and oxygen atoms in total. The first-order chi connectivity index (χ1) is 17.1. The Bertz CT molecular complexity index is 1270. The lowest BCUT2D eigenvalue weighted by molar-refractivity contribution is -0.127. The lowest BCUT2D eigenvalue weighted by Gasteiger charge is -2.31. The van der Waals surface area contributed by atoms with Crippen molar-refractivity contribution in [1.82, 2.24) is 20.3 Å². The summed E-state index contributed by atoms with van der Waals surface area (Å²) in [6, 6.07) is 23.6. The molecule has 1 aromatic heterocycles.